The van der Waals surface area contributed by atoms with Gasteiger partial charge in [-0.2, -0.15) is 5.26 Å². The summed E-state index contributed by atoms with van der Waals surface area (Å²) in [6.07, 6.45) is 2.52. The molecule has 0 radical (unpaired) electrons. The van der Waals surface area contributed by atoms with Gasteiger partial charge in [-0.3, -0.25) is 0 Å². The van der Waals surface area contributed by atoms with Crippen LogP contribution in [0.3, 0.4) is 0 Å². The van der Waals surface area contributed by atoms with Crippen molar-refractivity contribution in [2.45, 2.75) is 0 Å². The largest absolute Gasteiger partial charge is 0.507 e. The lowest BCUT2D eigenvalue weighted by Gasteiger charge is -1.99. The minimum atomic E-state index is -1.07. The Morgan fingerprint density at radius 3 is 2.79 bits per heavy atom. The Balaban J connectivity index is 3.16. The molecule has 0 saturated heterocycles. The average molecular weight is 189 g/mol. The van der Waals surface area contributed by atoms with E-state index in [4.69, 9.17) is 10.4 Å². The fourth-order valence-electron chi connectivity index (χ4n) is 0.948. The molecule has 0 spiro atoms. The van der Waals surface area contributed by atoms with Gasteiger partial charge in [0.05, 0.1) is 11.6 Å². The Morgan fingerprint density at radius 2 is 2.21 bits per heavy atom. The molecule has 2 N–H and O–H groups in total. The summed E-state index contributed by atoms with van der Waals surface area (Å²) in [5, 5.41) is 26.2. The van der Waals surface area contributed by atoms with Crippen LogP contribution in [0, 0.1) is 11.3 Å². The fourth-order valence-corrected chi connectivity index (χ4v) is 0.948. The van der Waals surface area contributed by atoms with Gasteiger partial charge in [0, 0.05) is 11.6 Å². The van der Waals surface area contributed by atoms with Gasteiger partial charge in [0.1, 0.15) is 5.75 Å². The standard InChI is InChI=1S/C10H7NO3/c11-5-1-2-7-6-8(10(13)14)3-4-9(7)12/h1-4,6,12H,(H,13,14). The zero-order valence-electron chi connectivity index (χ0n) is 7.14. The number of carboxylic acids is 1. The summed E-state index contributed by atoms with van der Waals surface area (Å²) in [6, 6.07) is 5.62. The Labute approximate surface area is 80.3 Å². The minimum Gasteiger partial charge on any atom is -0.507 e. The molecule has 0 unspecified atom stereocenters. The van der Waals surface area contributed by atoms with Crippen LogP contribution in [0.5, 0.6) is 5.75 Å². The minimum absolute atomic E-state index is 0.0542. The lowest BCUT2D eigenvalue weighted by Crippen LogP contribution is -1.95. The maximum atomic E-state index is 10.6. The summed E-state index contributed by atoms with van der Waals surface area (Å²) in [5.41, 5.74) is 0.381. The fraction of sp³-hybridized carbons (Fsp3) is 0. The van der Waals surface area contributed by atoms with Gasteiger partial charge in [-0.1, -0.05) is 0 Å². The van der Waals surface area contributed by atoms with Gasteiger partial charge in [0.15, 0.2) is 0 Å². The molecule has 14 heavy (non-hydrogen) atoms. The van der Waals surface area contributed by atoms with Gasteiger partial charge in [0.25, 0.3) is 0 Å². The first-order valence-corrected chi connectivity index (χ1v) is 3.77. The third-order valence-electron chi connectivity index (χ3n) is 1.61. The molecule has 0 saturated carbocycles. The van der Waals surface area contributed by atoms with Crippen molar-refractivity contribution in [1.29, 1.82) is 5.26 Å². The summed E-state index contributed by atoms with van der Waals surface area (Å²) in [7, 11) is 0. The average Bonchev–Trinajstić information content (AvgIpc) is 2.16. The van der Waals surface area contributed by atoms with E-state index in [0.29, 0.717) is 5.56 Å². The van der Waals surface area contributed by atoms with E-state index in [1.54, 1.807) is 6.07 Å². The zero-order valence-corrected chi connectivity index (χ0v) is 7.14. The summed E-state index contributed by atoms with van der Waals surface area (Å²) in [4.78, 5) is 10.6. The highest BCUT2D eigenvalue weighted by molar-refractivity contribution is 5.88. The molecule has 0 atom stereocenters. The predicted molar refractivity (Wildman–Crippen MR) is 49.7 cm³/mol. The number of phenolic OH excluding ortho intramolecular Hbond substituents is 1. The molecule has 0 aliphatic rings. The van der Waals surface area contributed by atoms with Crippen LogP contribution >= 0.6 is 0 Å². The van der Waals surface area contributed by atoms with Crippen molar-refractivity contribution in [3.63, 3.8) is 0 Å². The number of aromatic carboxylic acids is 1. The summed E-state index contributed by atoms with van der Waals surface area (Å²) in [5.74, 6) is -1.13. The molecule has 4 heteroatoms. The summed E-state index contributed by atoms with van der Waals surface area (Å²) >= 11 is 0. The molecule has 0 aromatic heterocycles. The predicted octanol–water partition coefficient (Wildman–Crippen LogP) is 1.63. The van der Waals surface area contributed by atoms with Crippen molar-refractivity contribution >= 4 is 12.0 Å². The number of rotatable bonds is 2. The monoisotopic (exact) mass is 189 g/mol. The van der Waals surface area contributed by atoms with E-state index in [2.05, 4.69) is 0 Å². The van der Waals surface area contributed by atoms with Crippen molar-refractivity contribution < 1.29 is 15.0 Å². The lowest BCUT2D eigenvalue weighted by molar-refractivity contribution is 0.0697. The number of hydrogen-bond acceptors (Lipinski definition) is 3. The topological polar surface area (TPSA) is 81.3 Å². The Kier molecular flexibility index (Phi) is 2.87. The van der Waals surface area contributed by atoms with E-state index in [1.807, 2.05) is 0 Å². The second-order valence-electron chi connectivity index (χ2n) is 2.54. The van der Waals surface area contributed by atoms with E-state index in [1.165, 1.54) is 30.4 Å². The number of benzene rings is 1. The van der Waals surface area contributed by atoms with Gasteiger partial charge in [0.2, 0.25) is 0 Å². The van der Waals surface area contributed by atoms with Crippen molar-refractivity contribution in [2.75, 3.05) is 0 Å². The maximum Gasteiger partial charge on any atom is 0.335 e. The Morgan fingerprint density at radius 1 is 1.50 bits per heavy atom. The third kappa shape index (κ3) is 2.11. The molecule has 0 aliphatic carbocycles. The van der Waals surface area contributed by atoms with Gasteiger partial charge >= 0.3 is 5.97 Å². The molecule has 0 bridgehead atoms. The summed E-state index contributed by atoms with van der Waals surface area (Å²) in [6.45, 7) is 0. The second kappa shape index (κ2) is 4.10. The van der Waals surface area contributed by atoms with Crippen LogP contribution in [0.15, 0.2) is 24.3 Å². The van der Waals surface area contributed by atoms with Crippen molar-refractivity contribution in [1.82, 2.24) is 0 Å². The third-order valence-corrected chi connectivity index (χ3v) is 1.61. The quantitative estimate of drug-likeness (QED) is 0.692. The Bertz CT molecular complexity index is 429. The number of nitrogens with zero attached hydrogens (tertiary/aromatic N) is 1. The van der Waals surface area contributed by atoms with Gasteiger partial charge < -0.3 is 10.2 Å². The van der Waals surface area contributed by atoms with Crippen LogP contribution in [0.2, 0.25) is 0 Å². The van der Waals surface area contributed by atoms with E-state index < -0.39 is 5.97 Å². The van der Waals surface area contributed by atoms with Crippen LogP contribution in [-0.4, -0.2) is 16.2 Å². The number of carbonyl (C=O) groups is 1. The van der Waals surface area contributed by atoms with Crippen LogP contribution in [0.4, 0.5) is 0 Å². The molecule has 0 heterocycles. The number of hydrogen-bond donors (Lipinski definition) is 2. The van der Waals surface area contributed by atoms with E-state index >= 15 is 0 Å². The van der Waals surface area contributed by atoms with Crippen LogP contribution in [0.1, 0.15) is 15.9 Å². The molecule has 1 aromatic rings. The maximum absolute atomic E-state index is 10.6. The number of allylic oxidation sites excluding steroid dienone is 1. The second-order valence-corrected chi connectivity index (χ2v) is 2.54. The molecule has 0 aliphatic heterocycles. The Hall–Kier alpha value is -2.28. The zero-order chi connectivity index (χ0) is 10.6. The van der Waals surface area contributed by atoms with Crippen molar-refractivity contribution in [2.24, 2.45) is 0 Å². The first-order valence-electron chi connectivity index (χ1n) is 3.77. The number of phenols is 1. The molecule has 0 amide bonds. The van der Waals surface area contributed by atoms with Gasteiger partial charge in [-0.05, 0) is 24.3 Å². The highest BCUT2D eigenvalue weighted by Gasteiger charge is 2.05. The summed E-state index contributed by atoms with van der Waals surface area (Å²) < 4.78 is 0. The van der Waals surface area contributed by atoms with Crippen molar-refractivity contribution in [3.8, 4) is 11.8 Å². The number of aromatic hydroxyl groups is 1. The smallest absolute Gasteiger partial charge is 0.335 e. The molecule has 1 aromatic carbocycles. The highest BCUT2D eigenvalue weighted by atomic mass is 16.4. The van der Waals surface area contributed by atoms with E-state index in [9.17, 15) is 9.90 Å². The van der Waals surface area contributed by atoms with Gasteiger partial charge in [-0.15, -0.1) is 0 Å². The number of carboxylic acid groups (broad SMARTS) is 1. The van der Waals surface area contributed by atoms with E-state index in [0.717, 1.165) is 0 Å². The number of nitriles is 1. The highest BCUT2D eigenvalue weighted by Crippen LogP contribution is 2.19. The molecular formula is C10H7NO3. The van der Waals surface area contributed by atoms with Crippen molar-refractivity contribution in [3.05, 3.63) is 35.4 Å². The lowest BCUT2D eigenvalue weighted by atomic mass is 10.1. The first kappa shape index (κ1) is 9.81. The normalized spacial score (nSPS) is 9.93. The van der Waals surface area contributed by atoms with Crippen LogP contribution in [-0.2, 0) is 0 Å². The SMILES string of the molecule is N#CC=Cc1cc(C(=O)O)ccc1O. The molecular weight excluding hydrogens is 182 g/mol. The van der Waals surface area contributed by atoms with Crippen LogP contribution in [0.25, 0.3) is 6.08 Å². The molecule has 0 fully saturated rings. The first-order chi connectivity index (χ1) is 6.65. The molecule has 70 valence electrons. The molecule has 1 rings (SSSR count). The van der Waals surface area contributed by atoms with E-state index in [-0.39, 0.29) is 11.3 Å². The van der Waals surface area contributed by atoms with Crippen LogP contribution < -0.4 is 0 Å². The van der Waals surface area contributed by atoms with Gasteiger partial charge in [-0.25, -0.2) is 4.79 Å². The molecule has 4 nitrogen and oxygen atoms in total.